The standard InChI is InChI=1S/C19H28N2O2/c1-16-6-8-18(9-7-16)23-15-17-5-4-12-21(13-17)19(22)14-20-10-2-3-11-20/h6-9,17H,2-5,10-15H2,1H3/t17-/m0/s1. The topological polar surface area (TPSA) is 32.8 Å². The van der Waals surface area contributed by atoms with Crippen LogP contribution in [0.1, 0.15) is 31.2 Å². The van der Waals surface area contributed by atoms with E-state index in [1.165, 1.54) is 18.4 Å². The molecule has 2 fully saturated rings. The van der Waals surface area contributed by atoms with E-state index in [9.17, 15) is 4.79 Å². The molecular formula is C19H28N2O2. The molecule has 1 aromatic carbocycles. The van der Waals surface area contributed by atoms with Crippen LogP contribution >= 0.6 is 0 Å². The van der Waals surface area contributed by atoms with Gasteiger partial charge in [0.2, 0.25) is 5.91 Å². The Labute approximate surface area is 139 Å². The molecule has 0 aromatic heterocycles. The van der Waals surface area contributed by atoms with E-state index >= 15 is 0 Å². The van der Waals surface area contributed by atoms with Crippen LogP contribution in [0.25, 0.3) is 0 Å². The van der Waals surface area contributed by atoms with Gasteiger partial charge in [-0.3, -0.25) is 9.69 Å². The number of carbonyl (C=O) groups is 1. The summed E-state index contributed by atoms with van der Waals surface area (Å²) in [5.41, 5.74) is 1.24. The van der Waals surface area contributed by atoms with Gasteiger partial charge in [0.1, 0.15) is 5.75 Å². The number of aryl methyl sites for hydroxylation is 1. The number of piperidine rings is 1. The molecule has 1 aromatic rings. The highest BCUT2D eigenvalue weighted by Gasteiger charge is 2.26. The van der Waals surface area contributed by atoms with Crippen molar-refractivity contribution in [2.24, 2.45) is 5.92 Å². The van der Waals surface area contributed by atoms with E-state index in [4.69, 9.17) is 4.74 Å². The van der Waals surface area contributed by atoms with E-state index < -0.39 is 0 Å². The fraction of sp³-hybridized carbons (Fsp3) is 0.632. The Morgan fingerprint density at radius 2 is 1.87 bits per heavy atom. The van der Waals surface area contributed by atoms with Gasteiger partial charge in [-0.15, -0.1) is 0 Å². The molecule has 2 aliphatic rings. The largest absolute Gasteiger partial charge is 0.493 e. The summed E-state index contributed by atoms with van der Waals surface area (Å²) >= 11 is 0. The summed E-state index contributed by atoms with van der Waals surface area (Å²) in [6, 6.07) is 8.19. The second-order valence-corrected chi connectivity index (χ2v) is 6.96. The maximum atomic E-state index is 12.5. The number of likely N-dealkylation sites (tertiary alicyclic amines) is 2. The minimum Gasteiger partial charge on any atom is -0.493 e. The molecular weight excluding hydrogens is 288 g/mol. The Balaban J connectivity index is 1.45. The van der Waals surface area contributed by atoms with Crippen molar-refractivity contribution in [3.8, 4) is 5.75 Å². The molecule has 23 heavy (non-hydrogen) atoms. The van der Waals surface area contributed by atoms with Gasteiger partial charge in [0.25, 0.3) is 0 Å². The Hall–Kier alpha value is -1.55. The smallest absolute Gasteiger partial charge is 0.236 e. The lowest BCUT2D eigenvalue weighted by Gasteiger charge is -2.33. The fourth-order valence-corrected chi connectivity index (χ4v) is 3.51. The number of benzene rings is 1. The molecule has 4 heteroatoms. The summed E-state index contributed by atoms with van der Waals surface area (Å²) in [7, 11) is 0. The molecule has 4 nitrogen and oxygen atoms in total. The maximum absolute atomic E-state index is 12.5. The summed E-state index contributed by atoms with van der Waals surface area (Å²) in [5.74, 6) is 1.68. The highest BCUT2D eigenvalue weighted by molar-refractivity contribution is 5.78. The number of rotatable bonds is 5. The van der Waals surface area contributed by atoms with Gasteiger partial charge in [0, 0.05) is 19.0 Å². The van der Waals surface area contributed by atoms with Crippen LogP contribution in [0.2, 0.25) is 0 Å². The summed E-state index contributed by atoms with van der Waals surface area (Å²) in [5, 5.41) is 0. The molecule has 1 amide bonds. The third kappa shape index (κ3) is 4.71. The van der Waals surface area contributed by atoms with Crippen molar-refractivity contribution in [2.75, 3.05) is 39.3 Å². The fourth-order valence-electron chi connectivity index (χ4n) is 3.51. The third-order valence-electron chi connectivity index (χ3n) is 4.94. The van der Waals surface area contributed by atoms with Crippen LogP contribution in [0, 0.1) is 12.8 Å². The summed E-state index contributed by atoms with van der Waals surface area (Å²) in [6.07, 6.45) is 4.72. The SMILES string of the molecule is Cc1ccc(OC[C@H]2CCCN(C(=O)CN3CCCC3)C2)cc1. The van der Waals surface area contributed by atoms with Crippen molar-refractivity contribution < 1.29 is 9.53 Å². The van der Waals surface area contributed by atoms with Crippen molar-refractivity contribution in [3.05, 3.63) is 29.8 Å². The van der Waals surface area contributed by atoms with E-state index in [1.54, 1.807) is 0 Å². The van der Waals surface area contributed by atoms with E-state index in [0.29, 0.717) is 25.0 Å². The minimum atomic E-state index is 0.298. The van der Waals surface area contributed by atoms with Gasteiger partial charge in [0.05, 0.1) is 13.2 Å². The number of amides is 1. The van der Waals surface area contributed by atoms with E-state index in [2.05, 4.69) is 24.0 Å². The summed E-state index contributed by atoms with van der Waals surface area (Å²) in [6.45, 7) is 7.31. The third-order valence-corrected chi connectivity index (χ3v) is 4.94. The van der Waals surface area contributed by atoms with Crippen LogP contribution in [0.5, 0.6) is 5.75 Å². The molecule has 2 aliphatic heterocycles. The molecule has 0 unspecified atom stereocenters. The number of hydrogen-bond donors (Lipinski definition) is 0. The van der Waals surface area contributed by atoms with Crippen molar-refractivity contribution >= 4 is 5.91 Å². The van der Waals surface area contributed by atoms with Crippen LogP contribution in [0.3, 0.4) is 0 Å². The monoisotopic (exact) mass is 316 g/mol. The highest BCUT2D eigenvalue weighted by Crippen LogP contribution is 2.20. The first-order chi connectivity index (χ1) is 11.2. The van der Waals surface area contributed by atoms with Gasteiger partial charge >= 0.3 is 0 Å². The van der Waals surface area contributed by atoms with Crippen molar-refractivity contribution in [3.63, 3.8) is 0 Å². The maximum Gasteiger partial charge on any atom is 0.236 e. The molecule has 0 aliphatic carbocycles. The first kappa shape index (κ1) is 16.3. The van der Waals surface area contributed by atoms with Crippen LogP contribution in [-0.4, -0.2) is 55.0 Å². The van der Waals surface area contributed by atoms with Crippen LogP contribution in [-0.2, 0) is 4.79 Å². The van der Waals surface area contributed by atoms with Gasteiger partial charge in [-0.25, -0.2) is 0 Å². The lowest BCUT2D eigenvalue weighted by Crippen LogP contribution is -2.45. The molecule has 0 N–H and O–H groups in total. The molecule has 126 valence electrons. The second kappa shape index (κ2) is 7.82. The quantitative estimate of drug-likeness (QED) is 0.837. The zero-order valence-corrected chi connectivity index (χ0v) is 14.2. The summed E-state index contributed by atoms with van der Waals surface area (Å²) in [4.78, 5) is 16.8. The van der Waals surface area contributed by atoms with Crippen LogP contribution < -0.4 is 4.74 Å². The molecule has 1 atom stereocenters. The normalized spacial score (nSPS) is 22.3. The van der Waals surface area contributed by atoms with Crippen LogP contribution in [0.4, 0.5) is 0 Å². The zero-order chi connectivity index (χ0) is 16.1. The van der Waals surface area contributed by atoms with Crippen molar-refractivity contribution in [1.82, 2.24) is 9.80 Å². The van der Waals surface area contributed by atoms with Crippen molar-refractivity contribution in [1.29, 1.82) is 0 Å². The molecule has 2 heterocycles. The molecule has 0 bridgehead atoms. The predicted octanol–water partition coefficient (Wildman–Crippen LogP) is 2.71. The molecule has 0 spiro atoms. The van der Waals surface area contributed by atoms with Gasteiger partial charge in [0.15, 0.2) is 0 Å². The molecule has 0 saturated carbocycles. The first-order valence-electron chi connectivity index (χ1n) is 8.90. The Morgan fingerprint density at radius 3 is 2.61 bits per heavy atom. The summed E-state index contributed by atoms with van der Waals surface area (Å²) < 4.78 is 5.91. The van der Waals surface area contributed by atoms with E-state index in [1.807, 2.05) is 17.0 Å². The van der Waals surface area contributed by atoms with Gasteiger partial charge in [-0.05, 0) is 57.8 Å². The van der Waals surface area contributed by atoms with Crippen molar-refractivity contribution in [2.45, 2.75) is 32.6 Å². The molecule has 3 rings (SSSR count). The number of ether oxygens (including phenoxy) is 1. The average Bonchev–Trinajstić information content (AvgIpc) is 3.07. The average molecular weight is 316 g/mol. The number of nitrogens with zero attached hydrogens (tertiary/aromatic N) is 2. The zero-order valence-electron chi connectivity index (χ0n) is 14.2. The lowest BCUT2D eigenvalue weighted by molar-refractivity contribution is -0.134. The Morgan fingerprint density at radius 1 is 1.13 bits per heavy atom. The number of hydrogen-bond acceptors (Lipinski definition) is 3. The van der Waals surface area contributed by atoms with E-state index in [-0.39, 0.29) is 0 Å². The van der Waals surface area contributed by atoms with Gasteiger partial charge in [-0.1, -0.05) is 17.7 Å². The highest BCUT2D eigenvalue weighted by atomic mass is 16.5. The van der Waals surface area contributed by atoms with Gasteiger partial charge < -0.3 is 9.64 Å². The Kier molecular flexibility index (Phi) is 5.55. The van der Waals surface area contributed by atoms with E-state index in [0.717, 1.165) is 44.8 Å². The van der Waals surface area contributed by atoms with Gasteiger partial charge in [-0.2, -0.15) is 0 Å². The predicted molar refractivity (Wildman–Crippen MR) is 91.7 cm³/mol. The minimum absolute atomic E-state index is 0.298. The molecule has 0 radical (unpaired) electrons. The lowest BCUT2D eigenvalue weighted by atomic mass is 9.99. The van der Waals surface area contributed by atoms with Crippen LogP contribution in [0.15, 0.2) is 24.3 Å². The number of carbonyl (C=O) groups excluding carboxylic acids is 1. The Bertz CT molecular complexity index is 509. The molecule has 2 saturated heterocycles. The first-order valence-corrected chi connectivity index (χ1v) is 8.90. The second-order valence-electron chi connectivity index (χ2n) is 6.96.